The highest BCUT2D eigenvalue weighted by Crippen LogP contribution is 2.24. The van der Waals surface area contributed by atoms with Crippen LogP contribution < -0.4 is 14.8 Å². The van der Waals surface area contributed by atoms with Gasteiger partial charge in [-0.1, -0.05) is 6.07 Å². The van der Waals surface area contributed by atoms with Crippen molar-refractivity contribution >= 4 is 5.97 Å². The van der Waals surface area contributed by atoms with Crippen LogP contribution in [0.4, 0.5) is 0 Å². The number of nitrogens with one attached hydrogen (secondary N) is 1. The molecule has 0 unspecified atom stereocenters. The Bertz CT molecular complexity index is 466. The lowest BCUT2D eigenvalue weighted by Crippen LogP contribution is -2.26. The van der Waals surface area contributed by atoms with E-state index in [1.165, 1.54) is 0 Å². The topological polar surface area (TPSA) is 56.8 Å². The molecule has 1 rings (SSSR count). The summed E-state index contributed by atoms with van der Waals surface area (Å²) in [5.41, 5.74) is 0.582. The first kappa shape index (κ1) is 17.3. The van der Waals surface area contributed by atoms with Crippen molar-refractivity contribution in [3.05, 3.63) is 23.8 Å². The zero-order chi connectivity index (χ0) is 15.9. The Hall–Kier alpha value is -1.75. The summed E-state index contributed by atoms with van der Waals surface area (Å²) in [5.74, 6) is 1.32. The van der Waals surface area contributed by atoms with E-state index in [1.54, 1.807) is 14.2 Å². The summed E-state index contributed by atoms with van der Waals surface area (Å²) in [5, 5.41) is 3.21. The van der Waals surface area contributed by atoms with Crippen LogP contribution in [0.25, 0.3) is 0 Å². The van der Waals surface area contributed by atoms with E-state index in [1.807, 2.05) is 39.0 Å². The minimum atomic E-state index is -0.434. The smallest absolute Gasteiger partial charge is 0.307 e. The van der Waals surface area contributed by atoms with E-state index in [2.05, 4.69) is 5.32 Å². The van der Waals surface area contributed by atoms with Crippen LogP contribution in [0.3, 0.4) is 0 Å². The molecule has 0 saturated heterocycles. The maximum atomic E-state index is 11.6. The third-order valence-electron chi connectivity index (χ3n) is 2.74. The Balaban J connectivity index is 2.41. The van der Waals surface area contributed by atoms with Crippen LogP contribution in [-0.4, -0.2) is 32.3 Å². The van der Waals surface area contributed by atoms with Crippen molar-refractivity contribution in [2.24, 2.45) is 0 Å². The van der Waals surface area contributed by atoms with Gasteiger partial charge in [-0.15, -0.1) is 0 Å². The van der Waals surface area contributed by atoms with Gasteiger partial charge in [-0.05, 0) is 26.8 Å². The Morgan fingerprint density at radius 1 is 1.19 bits per heavy atom. The van der Waals surface area contributed by atoms with Gasteiger partial charge >= 0.3 is 5.97 Å². The fourth-order valence-corrected chi connectivity index (χ4v) is 1.80. The number of ether oxygens (including phenoxy) is 3. The summed E-state index contributed by atoms with van der Waals surface area (Å²) >= 11 is 0. The molecule has 5 nitrogen and oxygen atoms in total. The average molecular weight is 295 g/mol. The Kier molecular flexibility index (Phi) is 6.49. The van der Waals surface area contributed by atoms with Gasteiger partial charge in [0.2, 0.25) is 0 Å². The van der Waals surface area contributed by atoms with Gasteiger partial charge in [0.05, 0.1) is 20.6 Å². The molecule has 0 aliphatic heterocycles. The van der Waals surface area contributed by atoms with E-state index >= 15 is 0 Å². The van der Waals surface area contributed by atoms with Crippen LogP contribution in [0.15, 0.2) is 18.2 Å². The van der Waals surface area contributed by atoms with E-state index < -0.39 is 5.60 Å². The molecule has 118 valence electrons. The van der Waals surface area contributed by atoms with Crippen molar-refractivity contribution < 1.29 is 19.0 Å². The largest absolute Gasteiger partial charge is 0.497 e. The molecule has 0 aromatic heterocycles. The third kappa shape index (κ3) is 6.49. The highest BCUT2D eigenvalue weighted by atomic mass is 16.6. The second kappa shape index (κ2) is 7.88. The fourth-order valence-electron chi connectivity index (χ4n) is 1.80. The number of carbonyl (C=O) groups excluding carboxylic acids is 1. The van der Waals surface area contributed by atoms with Crippen molar-refractivity contribution in [1.82, 2.24) is 5.32 Å². The molecule has 5 heteroatoms. The molecule has 0 amide bonds. The van der Waals surface area contributed by atoms with E-state index in [0.717, 1.165) is 17.1 Å². The standard InChI is InChI=1S/C16H25NO4/c1-16(2,3)21-15(18)8-9-17-11-12-6-7-13(19-4)10-14(12)20-5/h6-7,10,17H,8-9,11H2,1-5H3. The molecule has 1 aromatic carbocycles. The molecular weight excluding hydrogens is 270 g/mol. The molecule has 0 saturated carbocycles. The first-order valence-corrected chi connectivity index (χ1v) is 6.99. The van der Waals surface area contributed by atoms with E-state index in [9.17, 15) is 4.79 Å². The first-order valence-electron chi connectivity index (χ1n) is 6.99. The number of methoxy groups -OCH3 is 2. The molecular formula is C16H25NO4. The Morgan fingerprint density at radius 3 is 2.48 bits per heavy atom. The maximum absolute atomic E-state index is 11.6. The number of rotatable bonds is 7. The van der Waals surface area contributed by atoms with Gasteiger partial charge in [-0.25, -0.2) is 0 Å². The van der Waals surface area contributed by atoms with Gasteiger partial charge in [-0.3, -0.25) is 4.79 Å². The van der Waals surface area contributed by atoms with Crippen molar-refractivity contribution in [3.63, 3.8) is 0 Å². The number of hydrogen-bond acceptors (Lipinski definition) is 5. The molecule has 0 aliphatic rings. The highest BCUT2D eigenvalue weighted by molar-refractivity contribution is 5.70. The lowest BCUT2D eigenvalue weighted by atomic mass is 10.2. The summed E-state index contributed by atoms with van der Waals surface area (Å²) in [6, 6.07) is 5.66. The number of hydrogen-bond donors (Lipinski definition) is 1. The molecule has 1 N–H and O–H groups in total. The predicted octanol–water partition coefficient (Wildman–Crippen LogP) is 2.53. The molecule has 0 bridgehead atoms. The van der Waals surface area contributed by atoms with E-state index in [0.29, 0.717) is 19.5 Å². The van der Waals surface area contributed by atoms with Crippen LogP contribution >= 0.6 is 0 Å². The molecule has 0 fully saturated rings. The lowest BCUT2D eigenvalue weighted by molar-refractivity contribution is -0.154. The molecule has 0 heterocycles. The zero-order valence-electron chi connectivity index (χ0n) is 13.5. The van der Waals surface area contributed by atoms with Crippen LogP contribution in [0.2, 0.25) is 0 Å². The van der Waals surface area contributed by atoms with Gasteiger partial charge in [-0.2, -0.15) is 0 Å². The van der Waals surface area contributed by atoms with Crippen LogP contribution in [0.1, 0.15) is 32.8 Å². The summed E-state index contributed by atoms with van der Waals surface area (Å²) in [4.78, 5) is 11.6. The molecule has 0 radical (unpaired) electrons. The fraction of sp³-hybridized carbons (Fsp3) is 0.562. The summed E-state index contributed by atoms with van der Waals surface area (Å²) in [6.45, 7) is 6.77. The Morgan fingerprint density at radius 2 is 1.90 bits per heavy atom. The van der Waals surface area contributed by atoms with Gasteiger partial charge in [0.25, 0.3) is 0 Å². The molecule has 21 heavy (non-hydrogen) atoms. The maximum Gasteiger partial charge on any atom is 0.307 e. The Labute approximate surface area is 126 Å². The SMILES string of the molecule is COc1ccc(CNCCC(=O)OC(C)(C)C)c(OC)c1. The number of benzene rings is 1. The van der Waals surface area contributed by atoms with Crippen LogP contribution in [-0.2, 0) is 16.1 Å². The quantitative estimate of drug-likeness (QED) is 0.619. The predicted molar refractivity (Wildman–Crippen MR) is 81.7 cm³/mol. The lowest BCUT2D eigenvalue weighted by Gasteiger charge is -2.19. The zero-order valence-corrected chi connectivity index (χ0v) is 13.5. The number of carbonyl (C=O) groups is 1. The van der Waals surface area contributed by atoms with Crippen LogP contribution in [0, 0.1) is 0 Å². The molecule has 0 spiro atoms. The second-order valence-corrected chi connectivity index (χ2v) is 5.69. The van der Waals surface area contributed by atoms with Gasteiger partial charge in [0.15, 0.2) is 0 Å². The minimum absolute atomic E-state index is 0.198. The van der Waals surface area contributed by atoms with Gasteiger partial charge in [0.1, 0.15) is 17.1 Å². The average Bonchev–Trinajstić information content (AvgIpc) is 2.41. The van der Waals surface area contributed by atoms with Crippen molar-refractivity contribution in [2.75, 3.05) is 20.8 Å². The summed E-state index contributed by atoms with van der Waals surface area (Å²) in [6.07, 6.45) is 0.343. The summed E-state index contributed by atoms with van der Waals surface area (Å²) in [7, 11) is 3.24. The van der Waals surface area contributed by atoms with Gasteiger partial charge in [0, 0.05) is 24.7 Å². The van der Waals surface area contributed by atoms with Gasteiger partial charge < -0.3 is 19.5 Å². The minimum Gasteiger partial charge on any atom is -0.497 e. The molecule has 0 aliphatic carbocycles. The van der Waals surface area contributed by atoms with Crippen molar-refractivity contribution in [3.8, 4) is 11.5 Å². The summed E-state index contributed by atoms with van der Waals surface area (Å²) < 4.78 is 15.7. The molecule has 1 aromatic rings. The number of esters is 1. The molecule has 0 atom stereocenters. The first-order chi connectivity index (χ1) is 9.85. The highest BCUT2D eigenvalue weighted by Gasteiger charge is 2.15. The normalized spacial score (nSPS) is 11.1. The van der Waals surface area contributed by atoms with Crippen molar-refractivity contribution in [1.29, 1.82) is 0 Å². The van der Waals surface area contributed by atoms with E-state index in [-0.39, 0.29) is 5.97 Å². The third-order valence-corrected chi connectivity index (χ3v) is 2.74. The second-order valence-electron chi connectivity index (χ2n) is 5.69. The van der Waals surface area contributed by atoms with Crippen LogP contribution in [0.5, 0.6) is 11.5 Å². The van der Waals surface area contributed by atoms with Crippen molar-refractivity contribution in [2.45, 2.75) is 39.3 Å². The van der Waals surface area contributed by atoms with E-state index in [4.69, 9.17) is 14.2 Å². The monoisotopic (exact) mass is 295 g/mol.